The van der Waals surface area contributed by atoms with E-state index in [1.807, 2.05) is 18.4 Å². The Kier molecular flexibility index (Phi) is 5.53. The second kappa shape index (κ2) is 8.42. The first-order chi connectivity index (χ1) is 14.5. The lowest BCUT2D eigenvalue weighted by Gasteiger charge is -2.07. The number of aromatic nitrogens is 3. The monoisotopic (exact) mass is 423 g/mol. The van der Waals surface area contributed by atoms with Gasteiger partial charge in [0, 0.05) is 24.0 Å². The smallest absolute Gasteiger partial charge is 0.313 e. The van der Waals surface area contributed by atoms with Crippen LogP contribution in [0.4, 0.5) is 10.1 Å². The highest BCUT2D eigenvalue weighted by molar-refractivity contribution is 7.15. The fourth-order valence-corrected chi connectivity index (χ4v) is 3.80. The maximum atomic E-state index is 14.0. The largest absolute Gasteiger partial charge is 0.347 e. The SMILES string of the molecule is Cc1cccc(NC(=O)C(=O)NCCc2csc3nc(-c4ccccc4F)nn23)c1. The summed E-state index contributed by atoms with van der Waals surface area (Å²) in [5, 5.41) is 11.4. The first-order valence-corrected chi connectivity index (χ1v) is 10.1. The topological polar surface area (TPSA) is 88.4 Å². The van der Waals surface area contributed by atoms with Crippen molar-refractivity contribution < 1.29 is 14.0 Å². The molecule has 2 aromatic heterocycles. The van der Waals surface area contributed by atoms with Crippen LogP contribution in [0.15, 0.2) is 53.9 Å². The van der Waals surface area contributed by atoms with Gasteiger partial charge in [-0.3, -0.25) is 9.59 Å². The minimum Gasteiger partial charge on any atom is -0.347 e. The number of halogens is 1. The lowest BCUT2D eigenvalue weighted by molar-refractivity contribution is -0.136. The van der Waals surface area contributed by atoms with Gasteiger partial charge in [0.2, 0.25) is 4.96 Å². The molecule has 0 aliphatic heterocycles. The van der Waals surface area contributed by atoms with E-state index in [0.29, 0.717) is 28.5 Å². The van der Waals surface area contributed by atoms with Crippen LogP contribution in [-0.4, -0.2) is 33.0 Å². The normalized spacial score (nSPS) is 10.9. The number of thiazole rings is 1. The number of nitrogens with zero attached hydrogens (tertiary/aromatic N) is 3. The second-order valence-corrected chi connectivity index (χ2v) is 7.50. The molecule has 0 spiro atoms. The number of nitrogens with one attached hydrogen (secondary N) is 2. The van der Waals surface area contributed by atoms with E-state index in [1.54, 1.807) is 40.9 Å². The van der Waals surface area contributed by atoms with Crippen molar-refractivity contribution in [1.82, 2.24) is 19.9 Å². The molecule has 2 N–H and O–H groups in total. The van der Waals surface area contributed by atoms with E-state index in [1.165, 1.54) is 17.4 Å². The second-order valence-electron chi connectivity index (χ2n) is 6.67. The van der Waals surface area contributed by atoms with Crippen molar-refractivity contribution in [2.45, 2.75) is 13.3 Å². The van der Waals surface area contributed by atoms with Gasteiger partial charge in [-0.15, -0.1) is 16.4 Å². The molecule has 9 heteroatoms. The third kappa shape index (κ3) is 4.20. The Morgan fingerprint density at radius 1 is 1.13 bits per heavy atom. The number of carbonyl (C=O) groups is 2. The van der Waals surface area contributed by atoms with E-state index in [2.05, 4.69) is 20.7 Å². The third-order valence-corrected chi connectivity index (χ3v) is 5.28. The van der Waals surface area contributed by atoms with Crippen molar-refractivity contribution >= 4 is 33.8 Å². The van der Waals surface area contributed by atoms with Gasteiger partial charge in [-0.2, -0.15) is 4.98 Å². The molecule has 0 unspecified atom stereocenters. The number of hydrogen-bond acceptors (Lipinski definition) is 5. The molecule has 0 saturated carbocycles. The van der Waals surface area contributed by atoms with Crippen LogP contribution < -0.4 is 10.6 Å². The molecular weight excluding hydrogens is 405 g/mol. The Hall–Kier alpha value is -3.59. The first-order valence-electron chi connectivity index (χ1n) is 9.25. The molecular formula is C21H18FN5O2S. The number of fused-ring (bicyclic) bond motifs is 1. The van der Waals surface area contributed by atoms with Gasteiger partial charge in [0.15, 0.2) is 5.82 Å². The summed E-state index contributed by atoms with van der Waals surface area (Å²) in [6, 6.07) is 13.5. The number of anilines is 1. The predicted molar refractivity (Wildman–Crippen MR) is 113 cm³/mol. The molecule has 0 bridgehead atoms. The summed E-state index contributed by atoms with van der Waals surface area (Å²) >= 11 is 1.38. The summed E-state index contributed by atoms with van der Waals surface area (Å²) in [5.41, 5.74) is 2.69. The van der Waals surface area contributed by atoms with Gasteiger partial charge in [-0.25, -0.2) is 8.91 Å². The Balaban J connectivity index is 1.37. The van der Waals surface area contributed by atoms with Crippen LogP contribution in [0.5, 0.6) is 0 Å². The average Bonchev–Trinajstić information content (AvgIpc) is 3.30. The average molecular weight is 423 g/mol. The summed E-state index contributed by atoms with van der Waals surface area (Å²) in [4.78, 5) is 29.1. The quantitative estimate of drug-likeness (QED) is 0.483. The highest BCUT2D eigenvalue weighted by Gasteiger charge is 2.16. The Labute approximate surface area is 175 Å². The molecule has 2 aromatic carbocycles. The van der Waals surface area contributed by atoms with E-state index < -0.39 is 11.8 Å². The summed E-state index contributed by atoms with van der Waals surface area (Å²) in [6.07, 6.45) is 0.448. The Morgan fingerprint density at radius 2 is 1.97 bits per heavy atom. The van der Waals surface area contributed by atoms with Crippen LogP contribution in [0.2, 0.25) is 0 Å². The predicted octanol–water partition coefficient (Wildman–Crippen LogP) is 3.20. The molecule has 0 radical (unpaired) electrons. The number of aryl methyl sites for hydroxylation is 1. The maximum absolute atomic E-state index is 14.0. The van der Waals surface area contributed by atoms with Gasteiger partial charge in [0.25, 0.3) is 0 Å². The molecule has 2 heterocycles. The zero-order chi connectivity index (χ0) is 21.1. The molecule has 0 fully saturated rings. The van der Waals surface area contributed by atoms with E-state index in [9.17, 15) is 14.0 Å². The fourth-order valence-electron chi connectivity index (χ4n) is 2.95. The fraction of sp³-hybridized carbons (Fsp3) is 0.143. The van der Waals surface area contributed by atoms with Gasteiger partial charge in [-0.1, -0.05) is 24.3 Å². The Morgan fingerprint density at radius 3 is 2.77 bits per heavy atom. The van der Waals surface area contributed by atoms with Gasteiger partial charge >= 0.3 is 11.8 Å². The van der Waals surface area contributed by atoms with Crippen molar-refractivity contribution in [3.8, 4) is 11.4 Å². The Bertz CT molecular complexity index is 1230. The first kappa shape index (κ1) is 19.7. The van der Waals surface area contributed by atoms with Crippen LogP contribution in [0.3, 0.4) is 0 Å². The number of amides is 2. The molecule has 4 aromatic rings. The van der Waals surface area contributed by atoms with Crippen LogP contribution in [0.25, 0.3) is 16.3 Å². The van der Waals surface area contributed by atoms with Crippen LogP contribution in [-0.2, 0) is 16.0 Å². The minimum absolute atomic E-state index is 0.251. The lowest BCUT2D eigenvalue weighted by Crippen LogP contribution is -2.36. The van der Waals surface area contributed by atoms with E-state index in [0.717, 1.165) is 11.3 Å². The highest BCUT2D eigenvalue weighted by atomic mass is 32.1. The van der Waals surface area contributed by atoms with Gasteiger partial charge < -0.3 is 10.6 Å². The molecule has 0 aliphatic carbocycles. The van der Waals surface area contributed by atoms with Crippen molar-refractivity contribution in [3.63, 3.8) is 0 Å². The lowest BCUT2D eigenvalue weighted by atomic mass is 10.2. The molecule has 4 rings (SSSR count). The van der Waals surface area contributed by atoms with E-state index in [4.69, 9.17) is 0 Å². The summed E-state index contributed by atoms with van der Waals surface area (Å²) in [6.45, 7) is 2.15. The zero-order valence-electron chi connectivity index (χ0n) is 16.1. The summed E-state index contributed by atoms with van der Waals surface area (Å²) < 4.78 is 15.6. The van der Waals surface area contributed by atoms with Crippen LogP contribution in [0.1, 0.15) is 11.3 Å². The molecule has 0 saturated heterocycles. The molecule has 152 valence electrons. The van der Waals surface area contributed by atoms with Crippen molar-refractivity contribution in [2.75, 3.05) is 11.9 Å². The number of carbonyl (C=O) groups excluding carboxylic acids is 2. The zero-order valence-corrected chi connectivity index (χ0v) is 16.9. The molecule has 0 aliphatic rings. The van der Waals surface area contributed by atoms with E-state index >= 15 is 0 Å². The number of hydrogen-bond donors (Lipinski definition) is 2. The standard InChI is InChI=1S/C21H18FN5O2S/c1-13-5-4-6-14(11-13)24-20(29)19(28)23-10-9-15-12-30-21-25-18(26-27(15)21)16-7-2-3-8-17(16)22/h2-8,11-12H,9-10H2,1H3,(H,23,28)(H,24,29). The highest BCUT2D eigenvalue weighted by Crippen LogP contribution is 2.23. The van der Waals surface area contributed by atoms with Crippen LogP contribution >= 0.6 is 11.3 Å². The molecule has 0 atom stereocenters. The van der Waals surface area contributed by atoms with Crippen molar-refractivity contribution in [1.29, 1.82) is 0 Å². The summed E-state index contributed by atoms with van der Waals surface area (Å²) in [5.74, 6) is -1.51. The third-order valence-electron chi connectivity index (χ3n) is 4.41. The maximum Gasteiger partial charge on any atom is 0.313 e. The van der Waals surface area contributed by atoms with Gasteiger partial charge in [0.05, 0.1) is 11.3 Å². The number of rotatable bonds is 5. The summed E-state index contributed by atoms with van der Waals surface area (Å²) in [7, 11) is 0. The van der Waals surface area contributed by atoms with Crippen molar-refractivity contribution in [2.24, 2.45) is 0 Å². The van der Waals surface area contributed by atoms with Crippen LogP contribution in [0, 0.1) is 12.7 Å². The number of benzene rings is 2. The molecule has 2 amide bonds. The van der Waals surface area contributed by atoms with E-state index in [-0.39, 0.29) is 12.4 Å². The van der Waals surface area contributed by atoms with Gasteiger partial charge in [-0.05, 0) is 36.8 Å². The minimum atomic E-state index is -0.723. The van der Waals surface area contributed by atoms with Crippen molar-refractivity contribution in [3.05, 3.63) is 71.0 Å². The molecule has 30 heavy (non-hydrogen) atoms. The van der Waals surface area contributed by atoms with Gasteiger partial charge in [0.1, 0.15) is 5.82 Å². The molecule has 7 nitrogen and oxygen atoms in total.